The van der Waals surface area contributed by atoms with Gasteiger partial charge in [-0.3, -0.25) is 0 Å². The van der Waals surface area contributed by atoms with Crippen LogP contribution in [0.3, 0.4) is 0 Å². The van der Waals surface area contributed by atoms with Crippen molar-refractivity contribution in [1.82, 2.24) is 5.32 Å². The Morgan fingerprint density at radius 2 is 2.10 bits per heavy atom. The summed E-state index contributed by atoms with van der Waals surface area (Å²) < 4.78 is 0. The fourth-order valence-electron chi connectivity index (χ4n) is 1.69. The average Bonchev–Trinajstić information content (AvgIpc) is 2.99. The van der Waals surface area contributed by atoms with Crippen molar-refractivity contribution in [2.45, 2.75) is 13.0 Å². The van der Waals surface area contributed by atoms with Gasteiger partial charge in [0.25, 0.3) is 0 Å². The Bertz CT molecular complexity index is 594. The zero-order valence-corrected chi connectivity index (χ0v) is 11.9. The number of thiophene rings is 1. The minimum atomic E-state index is 0.450. The molecule has 20 heavy (non-hydrogen) atoms. The maximum Gasteiger partial charge on any atom is 0.188 e. The minimum Gasteiger partial charge on any atom is -0.370 e. The third-order valence-corrected chi connectivity index (χ3v) is 3.71. The molecule has 0 spiro atoms. The molecule has 0 aliphatic heterocycles. The lowest BCUT2D eigenvalue weighted by atomic mass is 10.1. The van der Waals surface area contributed by atoms with Gasteiger partial charge in [-0.15, -0.1) is 11.3 Å². The number of hydrogen-bond acceptors (Lipinski definition) is 3. The lowest BCUT2D eigenvalue weighted by molar-refractivity contribution is 0.857. The summed E-state index contributed by atoms with van der Waals surface area (Å²) in [5.41, 5.74) is 7.49. The zero-order valence-electron chi connectivity index (χ0n) is 11.0. The molecule has 2 rings (SSSR count). The number of nitrogens with zero attached hydrogens (tertiary/aromatic N) is 2. The van der Waals surface area contributed by atoms with Crippen molar-refractivity contribution in [3.8, 4) is 6.07 Å². The Labute approximate surface area is 122 Å². The fraction of sp³-hybridized carbons (Fsp3) is 0.200. The van der Waals surface area contributed by atoms with Gasteiger partial charge in [0.1, 0.15) is 0 Å². The molecule has 5 heteroatoms. The normalized spacial score (nSPS) is 11.1. The SMILES string of the molecule is N#Cc1ccc(CN=C(N)NCCc2cccs2)cc1. The van der Waals surface area contributed by atoms with Crippen molar-refractivity contribution in [1.29, 1.82) is 5.26 Å². The smallest absolute Gasteiger partial charge is 0.188 e. The zero-order chi connectivity index (χ0) is 14.2. The van der Waals surface area contributed by atoms with Gasteiger partial charge in [-0.05, 0) is 35.6 Å². The van der Waals surface area contributed by atoms with E-state index in [2.05, 4.69) is 27.8 Å². The molecule has 0 radical (unpaired) electrons. The van der Waals surface area contributed by atoms with Crippen LogP contribution < -0.4 is 11.1 Å². The van der Waals surface area contributed by atoms with Gasteiger partial charge in [-0.25, -0.2) is 4.99 Å². The van der Waals surface area contributed by atoms with Crippen LogP contribution in [0.4, 0.5) is 0 Å². The lowest BCUT2D eigenvalue weighted by Gasteiger charge is -2.04. The van der Waals surface area contributed by atoms with Crippen molar-refractivity contribution < 1.29 is 0 Å². The monoisotopic (exact) mass is 284 g/mol. The number of rotatable bonds is 5. The molecule has 0 saturated heterocycles. The molecule has 1 aromatic carbocycles. The molecule has 0 atom stereocenters. The van der Waals surface area contributed by atoms with E-state index in [9.17, 15) is 0 Å². The molecule has 0 saturated carbocycles. The number of nitriles is 1. The number of benzene rings is 1. The molecule has 1 heterocycles. The molecule has 3 N–H and O–H groups in total. The summed E-state index contributed by atoms with van der Waals surface area (Å²) in [5, 5.41) is 13.9. The van der Waals surface area contributed by atoms with Crippen LogP contribution in [-0.4, -0.2) is 12.5 Å². The minimum absolute atomic E-state index is 0.450. The average molecular weight is 284 g/mol. The van der Waals surface area contributed by atoms with Crippen molar-refractivity contribution in [2.24, 2.45) is 10.7 Å². The first-order chi connectivity index (χ1) is 9.78. The molecule has 0 aliphatic rings. The summed E-state index contributed by atoms with van der Waals surface area (Å²) >= 11 is 1.74. The first kappa shape index (κ1) is 14.1. The van der Waals surface area contributed by atoms with Gasteiger partial charge in [0.15, 0.2) is 5.96 Å². The quantitative estimate of drug-likeness (QED) is 0.653. The molecule has 0 amide bonds. The number of guanidine groups is 1. The summed E-state index contributed by atoms with van der Waals surface area (Å²) in [6.45, 7) is 1.30. The van der Waals surface area contributed by atoms with Crippen LogP contribution in [0, 0.1) is 11.3 Å². The van der Waals surface area contributed by atoms with Crippen LogP contribution in [-0.2, 0) is 13.0 Å². The van der Waals surface area contributed by atoms with Crippen molar-refractivity contribution in [3.05, 3.63) is 57.8 Å². The van der Waals surface area contributed by atoms with Gasteiger partial charge < -0.3 is 11.1 Å². The molecule has 0 fully saturated rings. The van der Waals surface area contributed by atoms with Crippen LogP contribution in [0.15, 0.2) is 46.8 Å². The van der Waals surface area contributed by atoms with Gasteiger partial charge >= 0.3 is 0 Å². The van der Waals surface area contributed by atoms with E-state index in [-0.39, 0.29) is 0 Å². The lowest BCUT2D eigenvalue weighted by Crippen LogP contribution is -2.33. The Balaban J connectivity index is 1.76. The van der Waals surface area contributed by atoms with Crippen LogP contribution in [0.5, 0.6) is 0 Å². The second kappa shape index (κ2) is 7.31. The predicted molar refractivity (Wildman–Crippen MR) is 82.5 cm³/mol. The van der Waals surface area contributed by atoms with E-state index in [0.29, 0.717) is 18.1 Å². The molecule has 2 aromatic rings. The second-order valence-corrected chi connectivity index (χ2v) is 5.30. The molecule has 4 nitrogen and oxygen atoms in total. The third kappa shape index (κ3) is 4.41. The van der Waals surface area contributed by atoms with Gasteiger partial charge in [0, 0.05) is 11.4 Å². The molecule has 0 aliphatic carbocycles. The standard InChI is InChI=1S/C15H16N4S/c16-10-12-3-5-13(6-4-12)11-19-15(17)18-8-7-14-2-1-9-20-14/h1-6,9H,7-8,11H2,(H3,17,18,19). The molecule has 0 bridgehead atoms. The predicted octanol–water partition coefficient (Wildman–Crippen LogP) is 2.27. The molecule has 1 aromatic heterocycles. The molecular weight excluding hydrogens is 268 g/mol. The van der Waals surface area contributed by atoms with E-state index in [1.807, 2.05) is 18.2 Å². The van der Waals surface area contributed by atoms with Gasteiger partial charge in [0.05, 0.1) is 18.2 Å². The van der Waals surface area contributed by atoms with Gasteiger partial charge in [-0.1, -0.05) is 18.2 Å². The van der Waals surface area contributed by atoms with Gasteiger partial charge in [-0.2, -0.15) is 5.26 Å². The van der Waals surface area contributed by atoms with Crippen LogP contribution in [0.1, 0.15) is 16.0 Å². The Morgan fingerprint density at radius 1 is 1.30 bits per heavy atom. The molecule has 102 valence electrons. The van der Waals surface area contributed by atoms with E-state index < -0.39 is 0 Å². The fourth-order valence-corrected chi connectivity index (χ4v) is 2.39. The van der Waals surface area contributed by atoms with Crippen molar-refractivity contribution in [3.63, 3.8) is 0 Å². The third-order valence-electron chi connectivity index (χ3n) is 2.77. The summed E-state index contributed by atoms with van der Waals surface area (Å²) in [4.78, 5) is 5.60. The molecular formula is C15H16N4S. The number of nitrogens with two attached hydrogens (primary N) is 1. The highest BCUT2D eigenvalue weighted by atomic mass is 32.1. The Hall–Kier alpha value is -2.32. The highest BCUT2D eigenvalue weighted by Crippen LogP contribution is 2.08. The van der Waals surface area contributed by atoms with Gasteiger partial charge in [0.2, 0.25) is 0 Å². The Morgan fingerprint density at radius 3 is 2.75 bits per heavy atom. The highest BCUT2D eigenvalue weighted by molar-refractivity contribution is 7.09. The van der Waals surface area contributed by atoms with Crippen molar-refractivity contribution >= 4 is 17.3 Å². The van der Waals surface area contributed by atoms with E-state index in [1.54, 1.807) is 23.5 Å². The Kier molecular flexibility index (Phi) is 5.15. The first-order valence-electron chi connectivity index (χ1n) is 6.33. The van der Waals surface area contributed by atoms with Crippen LogP contribution >= 0.6 is 11.3 Å². The van der Waals surface area contributed by atoms with Crippen molar-refractivity contribution in [2.75, 3.05) is 6.54 Å². The topological polar surface area (TPSA) is 74.2 Å². The number of nitrogens with one attached hydrogen (secondary N) is 1. The maximum absolute atomic E-state index is 8.72. The summed E-state index contributed by atoms with van der Waals surface area (Å²) in [5.74, 6) is 0.450. The summed E-state index contributed by atoms with van der Waals surface area (Å²) in [6.07, 6.45) is 0.949. The van der Waals surface area contributed by atoms with Crippen LogP contribution in [0.25, 0.3) is 0 Å². The van der Waals surface area contributed by atoms with E-state index in [0.717, 1.165) is 18.5 Å². The van der Waals surface area contributed by atoms with E-state index in [4.69, 9.17) is 11.0 Å². The largest absolute Gasteiger partial charge is 0.370 e. The first-order valence-corrected chi connectivity index (χ1v) is 7.21. The summed E-state index contributed by atoms with van der Waals surface area (Å²) in [7, 11) is 0. The van der Waals surface area contributed by atoms with E-state index >= 15 is 0 Å². The molecule has 0 unspecified atom stereocenters. The van der Waals surface area contributed by atoms with E-state index in [1.165, 1.54) is 4.88 Å². The second-order valence-electron chi connectivity index (χ2n) is 4.27. The maximum atomic E-state index is 8.72. The van der Waals surface area contributed by atoms with Crippen LogP contribution in [0.2, 0.25) is 0 Å². The highest BCUT2D eigenvalue weighted by Gasteiger charge is 1.96. The summed E-state index contributed by atoms with van der Waals surface area (Å²) in [6, 6.07) is 13.6. The number of aliphatic imine (C=N–C) groups is 1. The number of hydrogen-bond donors (Lipinski definition) is 2.